The molecule has 0 spiro atoms. The van der Waals surface area contributed by atoms with Crippen molar-refractivity contribution >= 4 is 5.69 Å². The first-order valence-electron chi connectivity index (χ1n) is 7.48. The van der Waals surface area contributed by atoms with Crippen molar-refractivity contribution in [2.75, 3.05) is 19.3 Å². The Balaban J connectivity index is 3.19. The molecule has 1 rings (SSSR count). The Morgan fingerprint density at radius 1 is 1.05 bits per heavy atom. The fraction of sp³-hybridized carbons (Fsp3) is 0.647. The molecule has 0 aliphatic rings. The summed E-state index contributed by atoms with van der Waals surface area (Å²) < 4.78 is 0. The van der Waals surface area contributed by atoms with Gasteiger partial charge in [-0.05, 0) is 48.5 Å². The average molecular weight is 262 g/mol. The molecular formula is C17H30N2. The number of hydrogen-bond donors (Lipinski definition) is 1. The van der Waals surface area contributed by atoms with Crippen LogP contribution in [0.5, 0.6) is 0 Å². The zero-order chi connectivity index (χ0) is 14.6. The number of benzene rings is 1. The van der Waals surface area contributed by atoms with E-state index in [0.29, 0.717) is 11.8 Å². The van der Waals surface area contributed by atoms with Gasteiger partial charge < -0.3 is 10.6 Å². The topological polar surface area (TPSA) is 29.3 Å². The van der Waals surface area contributed by atoms with Crippen LogP contribution in [0.25, 0.3) is 0 Å². The van der Waals surface area contributed by atoms with Crippen LogP contribution in [0.3, 0.4) is 0 Å². The van der Waals surface area contributed by atoms with Gasteiger partial charge in [0, 0.05) is 12.2 Å². The van der Waals surface area contributed by atoms with E-state index in [2.05, 4.69) is 58.7 Å². The van der Waals surface area contributed by atoms with Crippen LogP contribution in [0, 0.1) is 0 Å². The molecule has 0 saturated heterocycles. The van der Waals surface area contributed by atoms with Crippen LogP contribution in [-0.4, -0.2) is 18.5 Å². The summed E-state index contributed by atoms with van der Waals surface area (Å²) in [4.78, 5) is 2.36. The first-order chi connectivity index (χ1) is 8.88. The Morgan fingerprint density at radius 2 is 1.58 bits per heavy atom. The second-order valence-corrected chi connectivity index (χ2v) is 6.18. The van der Waals surface area contributed by atoms with Crippen molar-refractivity contribution in [3.05, 3.63) is 28.8 Å². The van der Waals surface area contributed by atoms with Gasteiger partial charge in [-0.1, -0.05) is 46.8 Å². The fourth-order valence-electron chi connectivity index (χ4n) is 2.65. The first kappa shape index (κ1) is 16.0. The maximum atomic E-state index is 6.44. The molecular weight excluding hydrogens is 232 g/mol. The van der Waals surface area contributed by atoms with E-state index in [1.165, 1.54) is 23.1 Å². The van der Waals surface area contributed by atoms with E-state index in [4.69, 9.17) is 5.73 Å². The van der Waals surface area contributed by atoms with Crippen molar-refractivity contribution in [1.82, 2.24) is 4.90 Å². The summed E-state index contributed by atoms with van der Waals surface area (Å²) in [6.07, 6.45) is 1.18. The number of nitrogens with zero attached hydrogens (tertiary/aromatic N) is 1. The molecule has 0 unspecified atom stereocenters. The minimum Gasteiger partial charge on any atom is -0.398 e. The van der Waals surface area contributed by atoms with E-state index >= 15 is 0 Å². The fourth-order valence-corrected chi connectivity index (χ4v) is 2.65. The summed E-state index contributed by atoms with van der Waals surface area (Å²) >= 11 is 0. The zero-order valence-corrected chi connectivity index (χ0v) is 13.5. The molecule has 0 aliphatic heterocycles. The second kappa shape index (κ2) is 6.95. The lowest BCUT2D eigenvalue weighted by Crippen LogP contribution is -2.21. The number of rotatable bonds is 6. The molecule has 2 N–H and O–H groups in total. The van der Waals surface area contributed by atoms with Crippen LogP contribution in [0.1, 0.15) is 69.6 Å². The summed E-state index contributed by atoms with van der Waals surface area (Å²) in [6.45, 7) is 13.2. The predicted octanol–water partition coefficient (Wildman–Crippen LogP) is 4.36. The highest BCUT2D eigenvalue weighted by Crippen LogP contribution is 2.32. The van der Waals surface area contributed by atoms with Crippen LogP contribution in [0.15, 0.2) is 12.1 Å². The number of nitrogen functional groups attached to an aromatic ring is 1. The molecule has 2 heteroatoms. The van der Waals surface area contributed by atoms with Crippen molar-refractivity contribution in [1.29, 1.82) is 0 Å². The van der Waals surface area contributed by atoms with Crippen molar-refractivity contribution in [3.8, 4) is 0 Å². The van der Waals surface area contributed by atoms with E-state index in [0.717, 1.165) is 18.8 Å². The van der Waals surface area contributed by atoms with Crippen molar-refractivity contribution in [2.24, 2.45) is 0 Å². The highest BCUT2D eigenvalue weighted by Gasteiger charge is 2.16. The molecule has 0 aliphatic carbocycles. The van der Waals surface area contributed by atoms with Crippen LogP contribution in [0.2, 0.25) is 0 Å². The Morgan fingerprint density at radius 3 is 2.05 bits per heavy atom. The summed E-state index contributed by atoms with van der Waals surface area (Å²) in [5, 5.41) is 0. The Hall–Kier alpha value is -1.02. The minimum absolute atomic E-state index is 0.483. The molecule has 108 valence electrons. The molecule has 0 aromatic heterocycles. The Kier molecular flexibility index (Phi) is 5.86. The number of anilines is 1. The molecule has 19 heavy (non-hydrogen) atoms. The van der Waals surface area contributed by atoms with E-state index in [9.17, 15) is 0 Å². The van der Waals surface area contributed by atoms with E-state index < -0.39 is 0 Å². The predicted molar refractivity (Wildman–Crippen MR) is 85.7 cm³/mol. The van der Waals surface area contributed by atoms with Gasteiger partial charge >= 0.3 is 0 Å². The van der Waals surface area contributed by atoms with Crippen molar-refractivity contribution in [2.45, 2.75) is 59.4 Å². The molecule has 0 amide bonds. The lowest BCUT2D eigenvalue weighted by molar-refractivity contribution is 0.326. The number of hydrogen-bond acceptors (Lipinski definition) is 2. The lowest BCUT2D eigenvalue weighted by Gasteiger charge is -2.24. The van der Waals surface area contributed by atoms with Gasteiger partial charge in [0.25, 0.3) is 0 Å². The largest absolute Gasteiger partial charge is 0.398 e. The first-order valence-corrected chi connectivity index (χ1v) is 7.48. The number of nitrogens with two attached hydrogens (primary N) is 1. The molecule has 1 aromatic carbocycles. The van der Waals surface area contributed by atoms with E-state index in [1.54, 1.807) is 0 Å². The van der Waals surface area contributed by atoms with Crippen molar-refractivity contribution < 1.29 is 0 Å². The normalized spacial score (nSPS) is 11.8. The Bertz CT molecular complexity index is 408. The van der Waals surface area contributed by atoms with Gasteiger partial charge in [0.1, 0.15) is 0 Å². The maximum absolute atomic E-state index is 6.44. The molecule has 1 aromatic rings. The highest BCUT2D eigenvalue weighted by molar-refractivity contribution is 5.59. The lowest BCUT2D eigenvalue weighted by atomic mass is 9.89. The SMILES string of the molecule is CCCN(C)Cc1c(C(C)C)ccc(C(C)C)c1N. The van der Waals surface area contributed by atoms with Crippen LogP contribution < -0.4 is 5.73 Å². The van der Waals surface area contributed by atoms with Crippen LogP contribution in [0.4, 0.5) is 5.69 Å². The van der Waals surface area contributed by atoms with Gasteiger partial charge in [-0.3, -0.25) is 0 Å². The summed E-state index contributed by atoms with van der Waals surface area (Å²) in [6, 6.07) is 4.48. The third-order valence-electron chi connectivity index (χ3n) is 3.70. The molecule has 0 atom stereocenters. The zero-order valence-electron chi connectivity index (χ0n) is 13.5. The third-order valence-corrected chi connectivity index (χ3v) is 3.70. The molecule has 0 bridgehead atoms. The Labute approximate surface area is 119 Å². The highest BCUT2D eigenvalue weighted by atomic mass is 15.1. The second-order valence-electron chi connectivity index (χ2n) is 6.18. The molecule has 0 radical (unpaired) electrons. The van der Waals surface area contributed by atoms with Crippen LogP contribution in [-0.2, 0) is 6.54 Å². The molecule has 2 nitrogen and oxygen atoms in total. The van der Waals surface area contributed by atoms with Gasteiger partial charge in [0.2, 0.25) is 0 Å². The molecule has 0 heterocycles. The van der Waals surface area contributed by atoms with Crippen LogP contribution >= 0.6 is 0 Å². The quantitative estimate of drug-likeness (QED) is 0.772. The van der Waals surface area contributed by atoms with Gasteiger partial charge in [-0.2, -0.15) is 0 Å². The van der Waals surface area contributed by atoms with E-state index in [1.807, 2.05) is 0 Å². The summed E-state index contributed by atoms with van der Waals surface area (Å²) in [5.74, 6) is 1.00. The van der Waals surface area contributed by atoms with Gasteiger partial charge in [-0.25, -0.2) is 0 Å². The minimum atomic E-state index is 0.483. The van der Waals surface area contributed by atoms with Gasteiger partial charge in [0.15, 0.2) is 0 Å². The summed E-state index contributed by atoms with van der Waals surface area (Å²) in [7, 11) is 2.18. The van der Waals surface area contributed by atoms with E-state index in [-0.39, 0.29) is 0 Å². The standard InChI is InChI=1S/C17H30N2/c1-7-10-19(6)11-16-14(12(2)3)8-9-15(13(4)5)17(16)18/h8-9,12-13H,7,10-11,18H2,1-6H3. The van der Waals surface area contributed by atoms with Gasteiger partial charge in [0.05, 0.1) is 0 Å². The molecule has 0 fully saturated rings. The summed E-state index contributed by atoms with van der Waals surface area (Å²) in [5.41, 5.74) is 11.5. The van der Waals surface area contributed by atoms with Crippen molar-refractivity contribution in [3.63, 3.8) is 0 Å². The monoisotopic (exact) mass is 262 g/mol. The third kappa shape index (κ3) is 3.97. The molecule has 0 saturated carbocycles. The maximum Gasteiger partial charge on any atom is 0.0397 e. The average Bonchev–Trinajstić information content (AvgIpc) is 2.31. The smallest absolute Gasteiger partial charge is 0.0397 e. The van der Waals surface area contributed by atoms with Gasteiger partial charge in [-0.15, -0.1) is 0 Å².